The molecule has 0 aliphatic rings. The Labute approximate surface area is 246 Å². The number of aliphatic carboxylic acids is 2. The number of carbonyl (C=O) groups is 2. The first kappa shape index (κ1) is 36.2. The monoisotopic (exact) mass is 558 g/mol. The second kappa shape index (κ2) is 24.9. The molecule has 40 heavy (non-hydrogen) atoms. The molecule has 2 N–H and O–H groups in total. The highest BCUT2D eigenvalue weighted by molar-refractivity contribution is 5.66. The summed E-state index contributed by atoms with van der Waals surface area (Å²) in [6, 6.07) is 4.93. The van der Waals surface area contributed by atoms with E-state index < -0.39 is 11.9 Å². The van der Waals surface area contributed by atoms with Crippen LogP contribution in [0, 0.1) is 0 Å². The molecule has 0 atom stereocenters. The molecule has 4 heteroatoms. The molecule has 0 radical (unpaired) electrons. The molecule has 0 unspecified atom stereocenters. The van der Waals surface area contributed by atoms with E-state index in [-0.39, 0.29) is 0 Å². The average molecular weight is 559 g/mol. The third-order valence-corrected chi connectivity index (χ3v) is 8.36. The second-order valence-corrected chi connectivity index (χ2v) is 12.0. The second-order valence-electron chi connectivity index (χ2n) is 12.0. The van der Waals surface area contributed by atoms with E-state index in [1.165, 1.54) is 122 Å². The third kappa shape index (κ3) is 18.5. The first-order valence-corrected chi connectivity index (χ1v) is 17.1. The van der Waals surface area contributed by atoms with E-state index in [0.29, 0.717) is 12.8 Å². The van der Waals surface area contributed by atoms with E-state index in [1.54, 1.807) is 22.3 Å². The lowest BCUT2D eigenvalue weighted by Crippen LogP contribution is -2.06. The van der Waals surface area contributed by atoms with Gasteiger partial charge in [0.15, 0.2) is 0 Å². The van der Waals surface area contributed by atoms with Gasteiger partial charge in [-0.25, -0.2) is 0 Å². The van der Waals surface area contributed by atoms with Crippen LogP contribution in [-0.2, 0) is 35.3 Å². The summed E-state index contributed by atoms with van der Waals surface area (Å²) in [7, 11) is 0. The average Bonchev–Trinajstić information content (AvgIpc) is 2.92. The quantitative estimate of drug-likeness (QED) is 0.100. The summed E-state index contributed by atoms with van der Waals surface area (Å²) in [6.07, 6.45) is 29.3. The van der Waals surface area contributed by atoms with E-state index >= 15 is 0 Å². The fraction of sp³-hybridized carbons (Fsp3) is 0.778. The third-order valence-electron chi connectivity index (χ3n) is 8.36. The molecule has 0 spiro atoms. The van der Waals surface area contributed by atoms with Crippen molar-refractivity contribution in [3.63, 3.8) is 0 Å². The van der Waals surface area contributed by atoms with E-state index in [0.717, 1.165) is 32.1 Å². The van der Waals surface area contributed by atoms with Gasteiger partial charge in [-0.1, -0.05) is 116 Å². The molecular formula is C36H62O4. The van der Waals surface area contributed by atoms with Gasteiger partial charge in [-0.05, 0) is 86.5 Å². The predicted molar refractivity (Wildman–Crippen MR) is 169 cm³/mol. The first-order valence-electron chi connectivity index (χ1n) is 17.1. The number of hydrogen-bond acceptors (Lipinski definition) is 2. The molecule has 1 aromatic carbocycles. The van der Waals surface area contributed by atoms with Crippen LogP contribution in [0.5, 0.6) is 0 Å². The number of aryl methyl sites for hydroxylation is 2. The van der Waals surface area contributed by atoms with Crippen LogP contribution >= 0.6 is 0 Å². The zero-order valence-electron chi connectivity index (χ0n) is 26.3. The summed E-state index contributed by atoms with van der Waals surface area (Å²) in [6.45, 7) is 4.59. The van der Waals surface area contributed by atoms with Gasteiger partial charge < -0.3 is 10.2 Å². The van der Waals surface area contributed by atoms with Crippen LogP contribution in [0.25, 0.3) is 0 Å². The zero-order chi connectivity index (χ0) is 29.3. The normalized spacial score (nSPS) is 11.2. The van der Waals surface area contributed by atoms with Gasteiger partial charge in [0.25, 0.3) is 0 Å². The number of rotatable bonds is 28. The highest BCUT2D eigenvalue weighted by Gasteiger charge is 2.13. The molecule has 0 heterocycles. The Bertz CT molecular complexity index is 785. The molecule has 1 aromatic rings. The first-order chi connectivity index (χ1) is 19.5. The van der Waals surface area contributed by atoms with Crippen molar-refractivity contribution < 1.29 is 19.8 Å². The van der Waals surface area contributed by atoms with Gasteiger partial charge >= 0.3 is 11.9 Å². The fourth-order valence-corrected chi connectivity index (χ4v) is 5.94. The van der Waals surface area contributed by atoms with Crippen molar-refractivity contribution in [1.29, 1.82) is 0 Å². The Morgan fingerprint density at radius 3 is 1.12 bits per heavy atom. The Morgan fingerprint density at radius 2 is 0.750 bits per heavy atom. The van der Waals surface area contributed by atoms with Gasteiger partial charge in [0.05, 0.1) is 0 Å². The summed E-state index contributed by atoms with van der Waals surface area (Å²) < 4.78 is 0. The minimum absolute atomic E-state index is 0.307. The molecule has 0 amide bonds. The maximum absolute atomic E-state index is 10.7. The van der Waals surface area contributed by atoms with Crippen molar-refractivity contribution in [3.8, 4) is 0 Å². The van der Waals surface area contributed by atoms with Crippen LogP contribution < -0.4 is 0 Å². The lowest BCUT2D eigenvalue weighted by molar-refractivity contribution is -0.138. The molecule has 0 aliphatic carbocycles. The molecular weight excluding hydrogens is 496 g/mol. The van der Waals surface area contributed by atoms with Crippen LogP contribution in [0.15, 0.2) is 12.1 Å². The van der Waals surface area contributed by atoms with E-state index in [2.05, 4.69) is 26.0 Å². The largest absolute Gasteiger partial charge is 0.481 e. The van der Waals surface area contributed by atoms with Crippen LogP contribution in [0.4, 0.5) is 0 Å². The number of carboxylic acid groups (broad SMARTS) is 2. The van der Waals surface area contributed by atoms with Crippen LogP contribution in [0.1, 0.15) is 177 Å². The Balaban J connectivity index is 2.70. The lowest BCUT2D eigenvalue weighted by atomic mass is 9.85. The standard InChI is InChI=1S/C36H62O4/c1-3-5-17-23-31-29-30-32(24-19-13-11-12-16-22-28-36(39)40)34(33(31)25-18-6-4-2)26-20-14-9-7-8-10-15-21-27-35(37)38/h29-30H,3-28H2,1-2H3,(H,37,38)(H,39,40). The van der Waals surface area contributed by atoms with Crippen LogP contribution in [-0.4, -0.2) is 22.2 Å². The summed E-state index contributed by atoms with van der Waals surface area (Å²) in [5.41, 5.74) is 6.58. The summed E-state index contributed by atoms with van der Waals surface area (Å²) in [5.74, 6) is -1.34. The van der Waals surface area contributed by atoms with Gasteiger partial charge in [0.2, 0.25) is 0 Å². The molecule has 0 aromatic heterocycles. The van der Waals surface area contributed by atoms with Gasteiger partial charge in [-0.3, -0.25) is 9.59 Å². The van der Waals surface area contributed by atoms with Gasteiger partial charge in [-0.2, -0.15) is 0 Å². The van der Waals surface area contributed by atoms with Crippen LogP contribution in [0.2, 0.25) is 0 Å². The number of benzene rings is 1. The van der Waals surface area contributed by atoms with Gasteiger partial charge in [0.1, 0.15) is 0 Å². The molecule has 1 rings (SSSR count). The number of hydrogen-bond donors (Lipinski definition) is 2. The predicted octanol–water partition coefficient (Wildman–Crippen LogP) is 10.6. The fourth-order valence-electron chi connectivity index (χ4n) is 5.94. The Hall–Kier alpha value is -1.84. The highest BCUT2D eigenvalue weighted by Crippen LogP contribution is 2.28. The zero-order valence-corrected chi connectivity index (χ0v) is 26.3. The van der Waals surface area contributed by atoms with E-state index in [4.69, 9.17) is 10.2 Å². The van der Waals surface area contributed by atoms with Crippen molar-refractivity contribution in [3.05, 3.63) is 34.4 Å². The molecule has 0 bridgehead atoms. The van der Waals surface area contributed by atoms with Gasteiger partial charge in [-0.15, -0.1) is 0 Å². The van der Waals surface area contributed by atoms with E-state index in [9.17, 15) is 9.59 Å². The highest BCUT2D eigenvalue weighted by atomic mass is 16.4. The van der Waals surface area contributed by atoms with Gasteiger partial charge in [0, 0.05) is 12.8 Å². The number of carboxylic acids is 2. The Kier molecular flexibility index (Phi) is 22.5. The smallest absolute Gasteiger partial charge is 0.303 e. The SMILES string of the molecule is CCCCCc1ccc(CCCCCCCCC(=O)O)c(CCCCCCCCCCC(=O)O)c1CCCCC. The van der Waals surface area contributed by atoms with Crippen molar-refractivity contribution in [1.82, 2.24) is 0 Å². The summed E-state index contributed by atoms with van der Waals surface area (Å²) >= 11 is 0. The molecule has 0 saturated heterocycles. The molecule has 0 fully saturated rings. The molecule has 0 aliphatic heterocycles. The maximum Gasteiger partial charge on any atom is 0.303 e. The molecule has 4 nitrogen and oxygen atoms in total. The topological polar surface area (TPSA) is 74.6 Å². The lowest BCUT2D eigenvalue weighted by Gasteiger charge is -2.20. The summed E-state index contributed by atoms with van der Waals surface area (Å²) in [5, 5.41) is 17.6. The van der Waals surface area contributed by atoms with Crippen molar-refractivity contribution >= 4 is 11.9 Å². The minimum atomic E-state index is -0.673. The maximum atomic E-state index is 10.7. The van der Waals surface area contributed by atoms with Crippen LogP contribution in [0.3, 0.4) is 0 Å². The van der Waals surface area contributed by atoms with E-state index in [1.807, 2.05) is 0 Å². The minimum Gasteiger partial charge on any atom is -0.481 e. The molecule has 230 valence electrons. The van der Waals surface area contributed by atoms with Crippen molar-refractivity contribution in [2.75, 3.05) is 0 Å². The Morgan fingerprint density at radius 1 is 0.450 bits per heavy atom. The van der Waals surface area contributed by atoms with Crippen molar-refractivity contribution in [2.24, 2.45) is 0 Å². The number of unbranched alkanes of at least 4 members (excludes halogenated alkanes) is 16. The molecule has 0 saturated carbocycles. The summed E-state index contributed by atoms with van der Waals surface area (Å²) in [4.78, 5) is 21.4. The van der Waals surface area contributed by atoms with Crippen molar-refractivity contribution in [2.45, 2.75) is 181 Å².